The highest BCUT2D eigenvalue weighted by molar-refractivity contribution is 7.85. The fourth-order valence-electron chi connectivity index (χ4n) is 3.64. The van der Waals surface area contributed by atoms with Crippen LogP contribution >= 0.6 is 23.2 Å². The molecule has 4 aromatic rings. The summed E-state index contributed by atoms with van der Waals surface area (Å²) in [7, 11) is -3.14. The first kappa shape index (κ1) is 26.4. The molecule has 0 unspecified atom stereocenters. The number of benzene rings is 4. The maximum atomic E-state index is 13.2. The summed E-state index contributed by atoms with van der Waals surface area (Å²) in [5.74, 6) is -0.829. The van der Waals surface area contributed by atoms with Crippen molar-refractivity contribution >= 4 is 67.1 Å². The molecule has 37 heavy (non-hydrogen) atoms. The molecule has 4 aromatic carbocycles. The lowest BCUT2D eigenvalue weighted by molar-refractivity contribution is 0.102. The van der Waals surface area contributed by atoms with Gasteiger partial charge in [0.15, 0.2) is 5.75 Å². The quantitative estimate of drug-likeness (QED) is 0.170. The van der Waals surface area contributed by atoms with Gasteiger partial charge in [-0.25, -0.2) is 0 Å². The normalized spacial score (nSPS) is 11.7. The first-order valence-electron chi connectivity index (χ1n) is 10.6. The lowest BCUT2D eigenvalue weighted by atomic mass is 10.0. The predicted octanol–water partition coefficient (Wildman–Crippen LogP) is 7.08. The van der Waals surface area contributed by atoms with E-state index in [0.717, 1.165) is 6.07 Å². The van der Waals surface area contributed by atoms with E-state index in [1.807, 2.05) is 0 Å². The summed E-state index contributed by atoms with van der Waals surface area (Å²) < 4.78 is 38.2. The highest BCUT2D eigenvalue weighted by Crippen LogP contribution is 2.41. The van der Waals surface area contributed by atoms with Gasteiger partial charge in [-0.3, -0.25) is 9.35 Å². The van der Waals surface area contributed by atoms with Crippen molar-refractivity contribution in [2.45, 2.75) is 11.8 Å². The fourth-order valence-corrected chi connectivity index (χ4v) is 4.89. The zero-order valence-corrected chi connectivity index (χ0v) is 21.7. The number of phenolic OH excluding ortho intramolecular Hbond substituents is 1. The van der Waals surface area contributed by atoms with Crippen LogP contribution in [0.4, 0.5) is 17.1 Å². The van der Waals surface area contributed by atoms with Crippen molar-refractivity contribution in [3.05, 3.63) is 81.8 Å². The molecule has 0 aliphatic rings. The molecule has 190 valence electrons. The van der Waals surface area contributed by atoms with Crippen molar-refractivity contribution in [2.75, 3.05) is 12.4 Å². The van der Waals surface area contributed by atoms with Crippen LogP contribution in [0, 0.1) is 6.92 Å². The highest BCUT2D eigenvalue weighted by atomic mass is 35.5. The molecule has 0 aromatic heterocycles. The molecule has 0 aliphatic heterocycles. The van der Waals surface area contributed by atoms with Gasteiger partial charge < -0.3 is 15.2 Å². The second-order valence-corrected chi connectivity index (χ2v) is 10.0. The number of nitrogens with zero attached hydrogens (tertiary/aromatic N) is 2. The van der Waals surface area contributed by atoms with E-state index in [-0.39, 0.29) is 38.2 Å². The van der Waals surface area contributed by atoms with E-state index in [2.05, 4.69) is 15.5 Å². The van der Waals surface area contributed by atoms with Gasteiger partial charge in [-0.05, 0) is 48.2 Å². The third-order valence-corrected chi connectivity index (χ3v) is 7.19. The van der Waals surface area contributed by atoms with Crippen molar-refractivity contribution in [3.8, 4) is 11.5 Å². The molecule has 1 amide bonds. The number of anilines is 1. The van der Waals surface area contributed by atoms with Crippen LogP contribution in [0.3, 0.4) is 0 Å². The first-order valence-corrected chi connectivity index (χ1v) is 12.8. The molecule has 0 saturated carbocycles. The van der Waals surface area contributed by atoms with Crippen LogP contribution in [0.25, 0.3) is 10.8 Å². The van der Waals surface area contributed by atoms with Crippen molar-refractivity contribution in [3.63, 3.8) is 0 Å². The van der Waals surface area contributed by atoms with Gasteiger partial charge in [0.1, 0.15) is 22.0 Å². The van der Waals surface area contributed by atoms with E-state index >= 15 is 0 Å². The standard InChI is InChI=1S/C25H19Cl2N3O6S/c1-13-19(27)11-15(12-21(13)37(33,34)35)29-30-22-16-7-4-3-6-14(16)10-17(24(22)31)25(32)28-23-18(26)8-5-9-20(23)36-2/h3-12,31H,1-2H3,(H,28,32)(H,33,34,35). The lowest BCUT2D eigenvalue weighted by Gasteiger charge is -2.14. The molecular formula is C25H19Cl2N3O6S. The Kier molecular flexibility index (Phi) is 7.37. The Balaban J connectivity index is 1.82. The fraction of sp³-hybridized carbons (Fsp3) is 0.0800. The van der Waals surface area contributed by atoms with Crippen LogP contribution in [0.1, 0.15) is 15.9 Å². The van der Waals surface area contributed by atoms with Gasteiger partial charge in [-0.2, -0.15) is 13.5 Å². The Morgan fingerprint density at radius 3 is 2.43 bits per heavy atom. The summed E-state index contributed by atoms with van der Waals surface area (Å²) in [4.78, 5) is 12.8. The number of nitrogens with one attached hydrogen (secondary N) is 1. The zero-order valence-electron chi connectivity index (χ0n) is 19.4. The van der Waals surface area contributed by atoms with E-state index < -0.39 is 26.7 Å². The van der Waals surface area contributed by atoms with Gasteiger partial charge in [0, 0.05) is 10.4 Å². The molecule has 0 atom stereocenters. The third-order valence-electron chi connectivity index (χ3n) is 5.50. The number of carbonyl (C=O) groups is 1. The summed E-state index contributed by atoms with van der Waals surface area (Å²) in [6, 6.07) is 15.7. The van der Waals surface area contributed by atoms with Gasteiger partial charge >= 0.3 is 0 Å². The van der Waals surface area contributed by atoms with Crippen molar-refractivity contribution < 1.29 is 27.6 Å². The second-order valence-electron chi connectivity index (χ2n) is 7.84. The third kappa shape index (κ3) is 5.37. The summed E-state index contributed by atoms with van der Waals surface area (Å²) in [5.41, 5.74) is 0.210. The molecule has 0 radical (unpaired) electrons. The molecule has 4 rings (SSSR count). The van der Waals surface area contributed by atoms with Crippen LogP contribution in [-0.4, -0.2) is 31.1 Å². The number of carbonyl (C=O) groups excluding carboxylic acids is 1. The smallest absolute Gasteiger partial charge is 0.294 e. The number of halogens is 2. The number of azo groups is 1. The van der Waals surface area contributed by atoms with Crippen LogP contribution in [0.2, 0.25) is 10.0 Å². The van der Waals surface area contributed by atoms with Gasteiger partial charge in [0.05, 0.1) is 23.4 Å². The summed E-state index contributed by atoms with van der Waals surface area (Å²) in [5, 5.41) is 23.2. The number of rotatable bonds is 6. The highest BCUT2D eigenvalue weighted by Gasteiger charge is 2.21. The molecule has 0 spiro atoms. The van der Waals surface area contributed by atoms with Gasteiger partial charge in [0.25, 0.3) is 16.0 Å². The number of amides is 1. The molecular weight excluding hydrogens is 541 g/mol. The van der Waals surface area contributed by atoms with E-state index in [1.165, 1.54) is 26.2 Å². The maximum Gasteiger partial charge on any atom is 0.294 e. The monoisotopic (exact) mass is 559 g/mol. The number of methoxy groups -OCH3 is 1. The topological polar surface area (TPSA) is 138 Å². The average Bonchev–Trinajstić information content (AvgIpc) is 2.85. The zero-order chi connectivity index (χ0) is 26.9. The number of ether oxygens (including phenoxy) is 1. The van der Waals surface area contributed by atoms with Gasteiger partial charge in [-0.1, -0.05) is 53.5 Å². The number of hydrogen-bond donors (Lipinski definition) is 3. The van der Waals surface area contributed by atoms with Crippen LogP contribution in [-0.2, 0) is 10.1 Å². The Hall–Kier alpha value is -3.70. The van der Waals surface area contributed by atoms with Crippen LogP contribution in [0.15, 0.2) is 75.8 Å². The molecule has 9 nitrogen and oxygen atoms in total. The Morgan fingerprint density at radius 1 is 1.00 bits per heavy atom. The Bertz CT molecular complexity index is 1690. The molecule has 3 N–H and O–H groups in total. The Morgan fingerprint density at radius 2 is 1.73 bits per heavy atom. The second kappa shape index (κ2) is 10.3. The maximum absolute atomic E-state index is 13.2. The minimum Gasteiger partial charge on any atom is -0.505 e. The molecule has 0 fully saturated rings. The van der Waals surface area contributed by atoms with Crippen LogP contribution < -0.4 is 10.1 Å². The molecule has 0 aliphatic carbocycles. The van der Waals surface area contributed by atoms with Crippen molar-refractivity contribution in [2.24, 2.45) is 10.2 Å². The Labute approximate surface area is 222 Å². The van der Waals surface area contributed by atoms with Gasteiger partial charge in [-0.15, -0.1) is 5.11 Å². The summed E-state index contributed by atoms with van der Waals surface area (Å²) >= 11 is 12.3. The van der Waals surface area contributed by atoms with E-state index in [9.17, 15) is 22.9 Å². The summed E-state index contributed by atoms with van der Waals surface area (Å²) in [6.45, 7) is 1.43. The first-order chi connectivity index (χ1) is 17.5. The van der Waals surface area contributed by atoms with E-state index in [1.54, 1.807) is 42.5 Å². The van der Waals surface area contributed by atoms with Crippen LogP contribution in [0.5, 0.6) is 11.5 Å². The average molecular weight is 560 g/mol. The van der Waals surface area contributed by atoms with E-state index in [4.69, 9.17) is 27.9 Å². The number of fused-ring (bicyclic) bond motifs is 1. The number of hydrogen-bond acceptors (Lipinski definition) is 7. The summed E-state index contributed by atoms with van der Waals surface area (Å²) in [6.07, 6.45) is 0. The minimum absolute atomic E-state index is 0.00219. The number of phenols is 1. The molecule has 0 saturated heterocycles. The molecule has 12 heteroatoms. The van der Waals surface area contributed by atoms with Crippen molar-refractivity contribution in [1.82, 2.24) is 0 Å². The predicted molar refractivity (Wildman–Crippen MR) is 142 cm³/mol. The number of aromatic hydroxyl groups is 1. The van der Waals surface area contributed by atoms with Crippen molar-refractivity contribution in [1.29, 1.82) is 0 Å². The van der Waals surface area contributed by atoms with Gasteiger partial charge in [0.2, 0.25) is 0 Å². The molecule has 0 bridgehead atoms. The SMILES string of the molecule is COc1cccc(Cl)c1NC(=O)c1cc2ccccc2c(N=Nc2cc(Cl)c(C)c(S(=O)(=O)O)c2)c1O. The lowest BCUT2D eigenvalue weighted by Crippen LogP contribution is -2.13. The van der Waals surface area contributed by atoms with E-state index in [0.29, 0.717) is 16.5 Å². The largest absolute Gasteiger partial charge is 0.505 e. The molecule has 0 heterocycles. The minimum atomic E-state index is -4.57. The number of para-hydroxylation sites is 1.